The van der Waals surface area contributed by atoms with Crippen LogP contribution >= 0.6 is 0 Å². The number of fused-ring (bicyclic) bond motifs is 1. The summed E-state index contributed by atoms with van der Waals surface area (Å²) >= 11 is 0. The molecule has 0 radical (unpaired) electrons. The van der Waals surface area contributed by atoms with E-state index in [2.05, 4.69) is 9.97 Å². The number of rotatable bonds is 2. The van der Waals surface area contributed by atoms with Crippen LogP contribution < -0.4 is 5.56 Å². The van der Waals surface area contributed by atoms with Crippen molar-refractivity contribution >= 4 is 11.8 Å². The number of carbonyl (C=O) groups is 2. The lowest BCUT2D eigenvalue weighted by Gasteiger charge is -2.23. The summed E-state index contributed by atoms with van der Waals surface area (Å²) in [5.74, 6) is 0.899. The van der Waals surface area contributed by atoms with Gasteiger partial charge in [-0.25, -0.2) is 4.98 Å². The summed E-state index contributed by atoms with van der Waals surface area (Å²) in [5.41, 5.74) is -0.128. The van der Waals surface area contributed by atoms with Gasteiger partial charge in [0, 0.05) is 50.7 Å². The molecule has 1 aromatic heterocycles. The minimum absolute atomic E-state index is 0.0941. The Bertz CT molecular complexity index is 741. The molecule has 0 spiro atoms. The maximum absolute atomic E-state index is 12.6. The summed E-state index contributed by atoms with van der Waals surface area (Å²) in [6, 6.07) is 1.25. The Morgan fingerprint density at radius 2 is 1.88 bits per heavy atom. The number of likely N-dealkylation sites (tertiary alicyclic amines) is 2. The van der Waals surface area contributed by atoms with Gasteiger partial charge in [-0.05, 0) is 19.8 Å². The monoisotopic (exact) mass is 346 g/mol. The molecular formula is C17H22N4O4. The fourth-order valence-electron chi connectivity index (χ4n) is 4.17. The van der Waals surface area contributed by atoms with Crippen LogP contribution in [0.1, 0.15) is 29.2 Å². The molecule has 3 atom stereocenters. The average molecular weight is 346 g/mol. The zero-order valence-corrected chi connectivity index (χ0v) is 14.2. The molecule has 0 aliphatic carbocycles. The summed E-state index contributed by atoms with van der Waals surface area (Å²) in [4.78, 5) is 47.0. The average Bonchev–Trinajstić information content (AvgIpc) is 3.28. The van der Waals surface area contributed by atoms with Crippen LogP contribution in [0.15, 0.2) is 10.9 Å². The summed E-state index contributed by atoms with van der Waals surface area (Å²) in [6.45, 7) is 4.89. The van der Waals surface area contributed by atoms with E-state index in [0.717, 1.165) is 12.8 Å². The van der Waals surface area contributed by atoms with Crippen molar-refractivity contribution in [2.45, 2.75) is 25.9 Å². The fourth-order valence-corrected chi connectivity index (χ4v) is 4.17. The number of aromatic nitrogens is 2. The molecule has 4 rings (SSSR count). The first-order valence-corrected chi connectivity index (χ1v) is 8.79. The van der Waals surface area contributed by atoms with E-state index in [9.17, 15) is 14.4 Å². The first-order valence-electron chi connectivity index (χ1n) is 8.79. The quantitative estimate of drug-likeness (QED) is 0.799. The molecule has 3 aliphatic heterocycles. The highest BCUT2D eigenvalue weighted by atomic mass is 16.5. The molecule has 1 N–H and O–H groups in total. The maximum atomic E-state index is 12.6. The highest BCUT2D eigenvalue weighted by Gasteiger charge is 2.44. The zero-order valence-electron chi connectivity index (χ0n) is 14.2. The number of H-pyrrole nitrogens is 1. The van der Waals surface area contributed by atoms with Gasteiger partial charge in [0.05, 0.1) is 0 Å². The van der Waals surface area contributed by atoms with Crippen LogP contribution in [0.25, 0.3) is 0 Å². The standard InChI is InChI=1S/C17H22N4O4/c1-10-18-13(5-15(22)19-10)16(23)20-6-11-8-21(9-12(11)7-20)17(24)14-3-2-4-25-14/h5,11-12,14H,2-4,6-9H2,1H3,(H,18,19,22)/t11-,12+,14?. The third-order valence-electron chi connectivity index (χ3n) is 5.37. The maximum Gasteiger partial charge on any atom is 0.272 e. The molecule has 1 unspecified atom stereocenters. The summed E-state index contributed by atoms with van der Waals surface area (Å²) in [5, 5.41) is 0. The minimum atomic E-state index is -0.316. The summed E-state index contributed by atoms with van der Waals surface area (Å²) in [6.07, 6.45) is 1.48. The first kappa shape index (κ1) is 16.3. The Hall–Kier alpha value is -2.22. The van der Waals surface area contributed by atoms with Gasteiger partial charge in [-0.1, -0.05) is 0 Å². The van der Waals surface area contributed by atoms with Crippen LogP contribution in [0, 0.1) is 18.8 Å². The van der Waals surface area contributed by atoms with Crippen LogP contribution in [0.2, 0.25) is 0 Å². The van der Waals surface area contributed by atoms with Crippen molar-refractivity contribution in [3.63, 3.8) is 0 Å². The molecule has 25 heavy (non-hydrogen) atoms. The number of nitrogens with zero attached hydrogens (tertiary/aromatic N) is 3. The number of aromatic amines is 1. The van der Waals surface area contributed by atoms with Gasteiger partial charge in [-0.2, -0.15) is 0 Å². The fraction of sp³-hybridized carbons (Fsp3) is 0.647. The van der Waals surface area contributed by atoms with Crippen LogP contribution in [0.3, 0.4) is 0 Å². The van der Waals surface area contributed by atoms with Crippen molar-refractivity contribution in [2.75, 3.05) is 32.8 Å². The second-order valence-corrected chi connectivity index (χ2v) is 7.19. The summed E-state index contributed by atoms with van der Waals surface area (Å²) < 4.78 is 5.49. The van der Waals surface area contributed by atoms with Crippen LogP contribution in [0.5, 0.6) is 0 Å². The first-order chi connectivity index (χ1) is 12.0. The molecule has 0 bridgehead atoms. The number of ether oxygens (including phenoxy) is 1. The largest absolute Gasteiger partial charge is 0.368 e. The normalized spacial score (nSPS) is 28.4. The predicted molar refractivity (Wildman–Crippen MR) is 88.0 cm³/mol. The third kappa shape index (κ3) is 3.06. The Labute approximate surface area is 145 Å². The van der Waals surface area contributed by atoms with Gasteiger partial charge in [0.15, 0.2) is 0 Å². The number of carbonyl (C=O) groups excluding carboxylic acids is 2. The number of aryl methyl sites for hydroxylation is 1. The molecule has 1 aromatic rings. The predicted octanol–water partition coefficient (Wildman–Crippen LogP) is -0.212. The minimum Gasteiger partial charge on any atom is -0.368 e. The number of hydrogen-bond acceptors (Lipinski definition) is 5. The molecule has 8 nitrogen and oxygen atoms in total. The molecule has 134 valence electrons. The summed E-state index contributed by atoms with van der Waals surface area (Å²) in [7, 11) is 0. The second kappa shape index (κ2) is 6.25. The molecule has 0 aromatic carbocycles. The van der Waals surface area contributed by atoms with Crippen molar-refractivity contribution < 1.29 is 14.3 Å². The molecule has 3 saturated heterocycles. The lowest BCUT2D eigenvalue weighted by atomic mass is 10.0. The molecule has 3 fully saturated rings. The van der Waals surface area contributed by atoms with Crippen LogP contribution in [-0.2, 0) is 9.53 Å². The van der Waals surface area contributed by atoms with Crippen LogP contribution in [0.4, 0.5) is 0 Å². The van der Waals surface area contributed by atoms with Crippen molar-refractivity contribution in [1.82, 2.24) is 19.8 Å². The number of amides is 2. The van der Waals surface area contributed by atoms with E-state index in [-0.39, 0.29) is 41.0 Å². The molecule has 0 saturated carbocycles. The third-order valence-corrected chi connectivity index (χ3v) is 5.37. The number of hydrogen-bond donors (Lipinski definition) is 1. The molecular weight excluding hydrogens is 324 g/mol. The van der Waals surface area contributed by atoms with Gasteiger partial charge in [0.1, 0.15) is 17.6 Å². The van der Waals surface area contributed by atoms with Crippen molar-refractivity contribution in [1.29, 1.82) is 0 Å². The van der Waals surface area contributed by atoms with Gasteiger partial charge < -0.3 is 19.5 Å². The second-order valence-electron chi connectivity index (χ2n) is 7.19. The van der Waals surface area contributed by atoms with Gasteiger partial charge >= 0.3 is 0 Å². The smallest absolute Gasteiger partial charge is 0.272 e. The van der Waals surface area contributed by atoms with Crippen molar-refractivity contribution in [3.05, 3.63) is 27.9 Å². The lowest BCUT2D eigenvalue weighted by molar-refractivity contribution is -0.140. The highest BCUT2D eigenvalue weighted by molar-refractivity contribution is 5.92. The Kier molecular flexibility index (Phi) is 4.07. The van der Waals surface area contributed by atoms with Gasteiger partial charge in [0.25, 0.3) is 17.4 Å². The lowest BCUT2D eigenvalue weighted by Crippen LogP contribution is -2.40. The van der Waals surface area contributed by atoms with Crippen molar-refractivity contribution in [2.24, 2.45) is 11.8 Å². The number of nitrogens with one attached hydrogen (secondary N) is 1. The van der Waals surface area contributed by atoms with Gasteiger partial charge in [-0.3, -0.25) is 14.4 Å². The van der Waals surface area contributed by atoms with E-state index in [1.54, 1.807) is 11.8 Å². The SMILES string of the molecule is Cc1nc(C(=O)N2C[C@@H]3CN(C(=O)C4CCCO4)C[C@@H]3C2)cc(=O)[nH]1. The van der Waals surface area contributed by atoms with E-state index < -0.39 is 0 Å². The molecule has 3 aliphatic rings. The topological polar surface area (TPSA) is 95.6 Å². The van der Waals surface area contributed by atoms with Gasteiger partial charge in [0.2, 0.25) is 0 Å². The Morgan fingerprint density at radius 1 is 1.20 bits per heavy atom. The van der Waals surface area contributed by atoms with Crippen molar-refractivity contribution in [3.8, 4) is 0 Å². The highest BCUT2D eigenvalue weighted by Crippen LogP contribution is 2.32. The zero-order chi connectivity index (χ0) is 17.6. The van der Waals surface area contributed by atoms with E-state index in [1.165, 1.54) is 6.07 Å². The van der Waals surface area contributed by atoms with E-state index in [4.69, 9.17) is 4.74 Å². The van der Waals surface area contributed by atoms with E-state index in [1.807, 2.05) is 4.90 Å². The molecule has 8 heteroatoms. The Balaban J connectivity index is 1.39. The Morgan fingerprint density at radius 3 is 2.48 bits per heavy atom. The van der Waals surface area contributed by atoms with E-state index in [0.29, 0.717) is 38.6 Å². The van der Waals surface area contributed by atoms with Gasteiger partial charge in [-0.15, -0.1) is 0 Å². The molecule has 2 amide bonds. The van der Waals surface area contributed by atoms with E-state index >= 15 is 0 Å². The van der Waals surface area contributed by atoms with Crippen LogP contribution in [-0.4, -0.2) is 70.5 Å². The molecule has 4 heterocycles.